The Hall–Kier alpha value is -2.88. The number of aromatic nitrogens is 1. The Morgan fingerprint density at radius 3 is 2.77 bits per heavy atom. The number of nitriles is 1. The summed E-state index contributed by atoms with van der Waals surface area (Å²) in [4.78, 5) is 28.4. The Labute approximate surface area is 151 Å². The van der Waals surface area contributed by atoms with Crippen LogP contribution in [0.5, 0.6) is 0 Å². The second kappa shape index (κ2) is 6.79. The summed E-state index contributed by atoms with van der Waals surface area (Å²) in [7, 11) is 0. The maximum Gasteiger partial charge on any atom is 0.441 e. The number of hydrogen-bond acceptors (Lipinski definition) is 6. The predicted molar refractivity (Wildman–Crippen MR) is 97.6 cm³/mol. The second-order valence-electron chi connectivity index (χ2n) is 7.34. The summed E-state index contributed by atoms with van der Waals surface area (Å²) in [6.07, 6.45) is 1.88. The standard InChI is InChI=1S/C19H22N4O3/c1-11(2)8-14(17(24)23-19(10-20)6-7-19)21-16-13-5-4-12(3)9-15(13)26-18(25)22-16/h4-5,9,11,14H,6-8H2,1-3H3,(H,23,24)(H,21,22,25)/t14-/m0/s1. The van der Waals surface area contributed by atoms with Gasteiger partial charge in [0, 0.05) is 0 Å². The highest BCUT2D eigenvalue weighted by molar-refractivity contribution is 5.91. The topological polar surface area (TPSA) is 108 Å². The van der Waals surface area contributed by atoms with E-state index in [1.54, 1.807) is 6.07 Å². The van der Waals surface area contributed by atoms with Gasteiger partial charge in [-0.2, -0.15) is 10.2 Å². The zero-order valence-corrected chi connectivity index (χ0v) is 15.1. The maximum atomic E-state index is 12.7. The first-order chi connectivity index (χ1) is 12.3. The molecular formula is C19H22N4O3. The number of anilines is 1. The van der Waals surface area contributed by atoms with Crippen LogP contribution in [0.15, 0.2) is 27.4 Å². The number of nitrogens with zero attached hydrogens (tertiary/aromatic N) is 2. The zero-order valence-electron chi connectivity index (χ0n) is 15.1. The summed E-state index contributed by atoms with van der Waals surface area (Å²) in [5, 5.41) is 15.8. The van der Waals surface area contributed by atoms with Crippen LogP contribution in [0.4, 0.5) is 5.82 Å². The number of hydrogen-bond donors (Lipinski definition) is 2. The number of carbonyl (C=O) groups is 1. The first-order valence-corrected chi connectivity index (χ1v) is 8.73. The van der Waals surface area contributed by atoms with Gasteiger partial charge in [0.2, 0.25) is 5.91 Å². The molecule has 1 amide bonds. The van der Waals surface area contributed by atoms with Crippen LogP contribution in [0.3, 0.4) is 0 Å². The van der Waals surface area contributed by atoms with Crippen LogP contribution < -0.4 is 16.4 Å². The van der Waals surface area contributed by atoms with E-state index in [9.17, 15) is 14.9 Å². The summed E-state index contributed by atoms with van der Waals surface area (Å²) in [6.45, 7) is 5.92. The van der Waals surface area contributed by atoms with Gasteiger partial charge >= 0.3 is 5.76 Å². The van der Waals surface area contributed by atoms with Gasteiger partial charge in [-0.25, -0.2) is 4.79 Å². The SMILES string of the molecule is Cc1ccc2c(N[C@@H](CC(C)C)C(=O)NC3(C#N)CC3)nc(=O)oc2c1. The average Bonchev–Trinajstić information content (AvgIpc) is 3.33. The lowest BCUT2D eigenvalue weighted by Crippen LogP contribution is -2.46. The molecule has 26 heavy (non-hydrogen) atoms. The average molecular weight is 354 g/mol. The molecule has 1 atom stereocenters. The van der Waals surface area contributed by atoms with Crippen LogP contribution in [-0.4, -0.2) is 22.5 Å². The molecule has 7 heteroatoms. The van der Waals surface area contributed by atoms with E-state index in [0.717, 1.165) is 5.56 Å². The molecule has 136 valence electrons. The lowest BCUT2D eigenvalue weighted by molar-refractivity contribution is -0.122. The third-order valence-electron chi connectivity index (χ3n) is 4.45. The predicted octanol–water partition coefficient (Wildman–Crippen LogP) is 2.50. The third kappa shape index (κ3) is 3.85. The first kappa shape index (κ1) is 17.9. The summed E-state index contributed by atoms with van der Waals surface area (Å²) in [5.41, 5.74) is 0.641. The van der Waals surface area contributed by atoms with Crippen molar-refractivity contribution in [3.63, 3.8) is 0 Å². The van der Waals surface area contributed by atoms with Crippen LogP contribution in [-0.2, 0) is 4.79 Å². The van der Waals surface area contributed by atoms with Crippen LogP contribution in [0.1, 0.15) is 38.7 Å². The molecule has 3 rings (SSSR count). The van der Waals surface area contributed by atoms with Gasteiger partial charge in [0.1, 0.15) is 23.0 Å². The van der Waals surface area contributed by atoms with Gasteiger partial charge in [-0.3, -0.25) is 4.79 Å². The van der Waals surface area contributed by atoms with Crippen molar-refractivity contribution in [3.05, 3.63) is 34.3 Å². The van der Waals surface area contributed by atoms with E-state index in [4.69, 9.17) is 4.42 Å². The quantitative estimate of drug-likeness (QED) is 0.825. The largest absolute Gasteiger partial charge is 0.441 e. The Balaban J connectivity index is 1.92. The van der Waals surface area contributed by atoms with Gasteiger partial charge in [-0.15, -0.1) is 0 Å². The highest BCUT2D eigenvalue weighted by Crippen LogP contribution is 2.34. The van der Waals surface area contributed by atoms with Gasteiger partial charge in [-0.1, -0.05) is 19.9 Å². The molecule has 0 radical (unpaired) electrons. The zero-order chi connectivity index (χ0) is 18.9. The molecule has 0 saturated heterocycles. The molecule has 0 aliphatic heterocycles. The molecule has 7 nitrogen and oxygen atoms in total. The van der Waals surface area contributed by atoms with Gasteiger partial charge in [0.15, 0.2) is 0 Å². The lowest BCUT2D eigenvalue weighted by Gasteiger charge is -2.22. The summed E-state index contributed by atoms with van der Waals surface area (Å²) in [6, 6.07) is 7.02. The Bertz CT molecular complexity index is 938. The van der Waals surface area contributed by atoms with Crippen molar-refractivity contribution >= 4 is 22.7 Å². The van der Waals surface area contributed by atoms with E-state index in [2.05, 4.69) is 21.7 Å². The van der Waals surface area contributed by atoms with Crippen molar-refractivity contribution in [2.24, 2.45) is 5.92 Å². The molecule has 2 aromatic rings. The first-order valence-electron chi connectivity index (χ1n) is 8.73. The number of carbonyl (C=O) groups excluding carboxylic acids is 1. The van der Waals surface area contributed by atoms with Crippen molar-refractivity contribution in [2.45, 2.75) is 51.6 Å². The van der Waals surface area contributed by atoms with Crippen LogP contribution in [0.25, 0.3) is 11.0 Å². The van der Waals surface area contributed by atoms with E-state index in [-0.39, 0.29) is 11.8 Å². The smallest absolute Gasteiger partial charge is 0.408 e. The van der Waals surface area contributed by atoms with E-state index < -0.39 is 17.3 Å². The minimum absolute atomic E-state index is 0.240. The molecule has 1 saturated carbocycles. The van der Waals surface area contributed by atoms with Crippen molar-refractivity contribution in [1.29, 1.82) is 5.26 Å². The highest BCUT2D eigenvalue weighted by atomic mass is 16.4. The van der Waals surface area contributed by atoms with E-state index in [0.29, 0.717) is 36.0 Å². The Kier molecular flexibility index (Phi) is 4.68. The van der Waals surface area contributed by atoms with Gasteiger partial charge in [-0.05, 0) is 49.8 Å². The van der Waals surface area contributed by atoms with Gasteiger partial charge in [0.05, 0.1) is 11.5 Å². The number of benzene rings is 1. The van der Waals surface area contributed by atoms with Crippen LogP contribution in [0, 0.1) is 24.2 Å². The molecule has 1 heterocycles. The van der Waals surface area contributed by atoms with Crippen LogP contribution in [0.2, 0.25) is 0 Å². The number of aryl methyl sites for hydroxylation is 1. The summed E-state index contributed by atoms with van der Waals surface area (Å²) in [5.74, 6) is -0.416. The van der Waals surface area contributed by atoms with E-state index >= 15 is 0 Å². The fourth-order valence-electron chi connectivity index (χ4n) is 2.87. The minimum atomic E-state index is -0.740. The second-order valence-corrected chi connectivity index (χ2v) is 7.34. The minimum Gasteiger partial charge on any atom is -0.408 e. The fraction of sp³-hybridized carbons (Fsp3) is 0.474. The molecule has 0 spiro atoms. The number of fused-ring (bicyclic) bond motifs is 1. The van der Waals surface area contributed by atoms with Crippen molar-refractivity contribution < 1.29 is 9.21 Å². The normalized spacial score (nSPS) is 16.1. The molecule has 1 aliphatic rings. The van der Waals surface area contributed by atoms with Crippen LogP contribution >= 0.6 is 0 Å². The molecule has 1 aromatic carbocycles. The van der Waals surface area contributed by atoms with Crippen molar-refractivity contribution in [3.8, 4) is 6.07 Å². The summed E-state index contributed by atoms with van der Waals surface area (Å²) >= 11 is 0. The number of rotatable bonds is 6. The van der Waals surface area contributed by atoms with E-state index in [1.807, 2.05) is 32.9 Å². The van der Waals surface area contributed by atoms with Gasteiger partial charge < -0.3 is 15.1 Å². The maximum absolute atomic E-state index is 12.7. The molecule has 1 aromatic heterocycles. The van der Waals surface area contributed by atoms with Crippen molar-refractivity contribution in [2.75, 3.05) is 5.32 Å². The molecule has 0 bridgehead atoms. The van der Waals surface area contributed by atoms with E-state index in [1.165, 1.54) is 0 Å². The van der Waals surface area contributed by atoms with Gasteiger partial charge in [0.25, 0.3) is 0 Å². The molecular weight excluding hydrogens is 332 g/mol. The molecule has 1 aliphatic carbocycles. The fourth-order valence-corrected chi connectivity index (χ4v) is 2.87. The third-order valence-corrected chi connectivity index (χ3v) is 4.45. The molecule has 0 unspecified atom stereocenters. The number of amides is 1. The lowest BCUT2D eigenvalue weighted by atomic mass is 10.0. The Morgan fingerprint density at radius 2 is 2.15 bits per heavy atom. The summed E-state index contributed by atoms with van der Waals surface area (Å²) < 4.78 is 5.16. The van der Waals surface area contributed by atoms with Crippen molar-refractivity contribution in [1.82, 2.24) is 10.3 Å². The molecule has 2 N–H and O–H groups in total. The highest BCUT2D eigenvalue weighted by Gasteiger charge is 2.45. The number of nitrogens with one attached hydrogen (secondary N) is 2. The monoisotopic (exact) mass is 354 g/mol. The Morgan fingerprint density at radius 1 is 1.42 bits per heavy atom. The molecule has 1 fully saturated rings.